The van der Waals surface area contributed by atoms with E-state index in [4.69, 9.17) is 14.2 Å². The Morgan fingerprint density at radius 2 is 1.56 bits per heavy atom. The van der Waals surface area contributed by atoms with E-state index in [0.29, 0.717) is 40.5 Å². The fraction of sp³-hybridized carbons (Fsp3) is 0.286. The van der Waals surface area contributed by atoms with Gasteiger partial charge < -0.3 is 29.5 Å². The lowest BCUT2D eigenvalue weighted by molar-refractivity contribution is 0.264. The maximum absolute atomic E-state index is 10.3. The van der Waals surface area contributed by atoms with Crippen LogP contribution in [0.25, 0.3) is 22.3 Å². The molecular formula is C28H32O6. The summed E-state index contributed by atoms with van der Waals surface area (Å²) in [5, 5.41) is 30.0. The van der Waals surface area contributed by atoms with Crippen molar-refractivity contribution in [2.75, 3.05) is 20.8 Å². The molecule has 0 amide bonds. The molecule has 0 aliphatic heterocycles. The minimum atomic E-state index is -0.282. The molecule has 6 nitrogen and oxygen atoms in total. The summed E-state index contributed by atoms with van der Waals surface area (Å²) in [4.78, 5) is 0. The molecule has 0 spiro atoms. The Morgan fingerprint density at radius 1 is 0.853 bits per heavy atom. The van der Waals surface area contributed by atoms with Crippen molar-refractivity contribution in [2.45, 2.75) is 33.5 Å². The second-order valence-electron chi connectivity index (χ2n) is 8.12. The van der Waals surface area contributed by atoms with Crippen molar-refractivity contribution in [3.05, 3.63) is 71.3 Å². The van der Waals surface area contributed by atoms with Gasteiger partial charge in [0.15, 0.2) is 0 Å². The van der Waals surface area contributed by atoms with Crippen LogP contribution in [-0.4, -0.2) is 36.1 Å². The molecule has 0 atom stereocenters. The fourth-order valence-corrected chi connectivity index (χ4v) is 3.93. The third kappa shape index (κ3) is 5.53. The molecule has 34 heavy (non-hydrogen) atoms. The molecule has 0 unspecified atom stereocenters. The zero-order chi connectivity index (χ0) is 24.7. The van der Waals surface area contributed by atoms with E-state index < -0.39 is 0 Å². The normalized spacial score (nSPS) is 10.6. The Morgan fingerprint density at radius 3 is 2.15 bits per heavy atom. The number of hydrogen-bond donors (Lipinski definition) is 3. The van der Waals surface area contributed by atoms with Crippen molar-refractivity contribution < 1.29 is 29.5 Å². The van der Waals surface area contributed by atoms with Crippen LogP contribution in [0, 0.1) is 0 Å². The molecule has 0 radical (unpaired) electrons. The summed E-state index contributed by atoms with van der Waals surface area (Å²) in [7, 11) is 3.12. The first-order valence-corrected chi connectivity index (χ1v) is 11.1. The number of aliphatic hydroxyl groups excluding tert-OH is 2. The maximum atomic E-state index is 10.3. The summed E-state index contributed by atoms with van der Waals surface area (Å²) in [6, 6.07) is 14.1. The Balaban J connectivity index is 2.09. The fourth-order valence-electron chi connectivity index (χ4n) is 3.93. The summed E-state index contributed by atoms with van der Waals surface area (Å²) >= 11 is 0. The number of rotatable bonds is 10. The van der Waals surface area contributed by atoms with Gasteiger partial charge >= 0.3 is 0 Å². The summed E-state index contributed by atoms with van der Waals surface area (Å²) in [5.41, 5.74) is 5.41. The summed E-state index contributed by atoms with van der Waals surface area (Å²) in [5.74, 6) is 1.84. The number of ether oxygens (including phenoxy) is 3. The number of benzene rings is 3. The van der Waals surface area contributed by atoms with Crippen LogP contribution in [0.5, 0.6) is 23.0 Å². The SMILES string of the molecule is COc1cc(-c2ccc(O)cc2)c(OC)c(CO)c1-c1ccc(OCCC=C(C)C)c(CO)c1. The van der Waals surface area contributed by atoms with E-state index in [0.717, 1.165) is 23.1 Å². The van der Waals surface area contributed by atoms with Gasteiger partial charge in [-0.1, -0.05) is 29.8 Å². The van der Waals surface area contributed by atoms with Crippen LogP contribution in [0.4, 0.5) is 0 Å². The van der Waals surface area contributed by atoms with Crippen molar-refractivity contribution in [3.8, 4) is 45.3 Å². The van der Waals surface area contributed by atoms with Gasteiger partial charge in [-0.2, -0.15) is 0 Å². The molecule has 3 N–H and O–H groups in total. The van der Waals surface area contributed by atoms with Crippen LogP contribution in [0.3, 0.4) is 0 Å². The van der Waals surface area contributed by atoms with Gasteiger partial charge in [0.25, 0.3) is 0 Å². The summed E-state index contributed by atoms with van der Waals surface area (Å²) in [6.45, 7) is 4.13. The Labute approximate surface area is 200 Å². The predicted molar refractivity (Wildman–Crippen MR) is 133 cm³/mol. The lowest BCUT2D eigenvalue weighted by Crippen LogP contribution is -2.03. The monoisotopic (exact) mass is 464 g/mol. The van der Waals surface area contributed by atoms with Crippen LogP contribution >= 0.6 is 0 Å². The standard InChI is InChI=1S/C28H32O6/c1-18(2)6-5-13-34-25-12-9-20(14-21(25)16-29)27-24(17-30)28(33-4)23(15-26(27)32-3)19-7-10-22(31)11-8-19/h6-12,14-15,29-31H,5,13,16-17H2,1-4H3. The molecule has 0 saturated carbocycles. The average molecular weight is 465 g/mol. The highest BCUT2D eigenvalue weighted by Gasteiger charge is 2.22. The lowest BCUT2D eigenvalue weighted by Gasteiger charge is -2.21. The molecular weight excluding hydrogens is 432 g/mol. The van der Waals surface area contributed by atoms with E-state index in [9.17, 15) is 15.3 Å². The number of aromatic hydroxyl groups is 1. The van der Waals surface area contributed by atoms with Crippen LogP contribution in [0.2, 0.25) is 0 Å². The van der Waals surface area contributed by atoms with E-state index in [1.807, 2.05) is 38.1 Å². The topological polar surface area (TPSA) is 88.4 Å². The quantitative estimate of drug-likeness (QED) is 0.273. The third-order valence-electron chi connectivity index (χ3n) is 5.55. The predicted octanol–water partition coefficient (Wildman–Crippen LogP) is 5.46. The van der Waals surface area contributed by atoms with Crippen LogP contribution in [-0.2, 0) is 13.2 Å². The molecule has 0 fully saturated rings. The second kappa shape index (κ2) is 11.6. The molecule has 0 heterocycles. The average Bonchev–Trinajstić information content (AvgIpc) is 2.85. The van der Waals surface area contributed by atoms with E-state index in [1.165, 1.54) is 5.57 Å². The highest BCUT2D eigenvalue weighted by Crippen LogP contribution is 2.46. The van der Waals surface area contributed by atoms with Gasteiger partial charge in [-0.25, -0.2) is 0 Å². The summed E-state index contributed by atoms with van der Waals surface area (Å²) in [6.07, 6.45) is 2.89. The van der Waals surface area contributed by atoms with E-state index in [2.05, 4.69) is 6.08 Å². The molecule has 0 aliphatic carbocycles. The van der Waals surface area contributed by atoms with Gasteiger partial charge in [0.05, 0.1) is 34.0 Å². The van der Waals surface area contributed by atoms with Gasteiger partial charge in [-0.15, -0.1) is 0 Å². The molecule has 180 valence electrons. The zero-order valence-corrected chi connectivity index (χ0v) is 20.1. The number of methoxy groups -OCH3 is 2. The molecule has 0 aromatic heterocycles. The minimum Gasteiger partial charge on any atom is -0.508 e. The molecule has 0 aliphatic rings. The first-order valence-electron chi connectivity index (χ1n) is 11.1. The molecule has 6 heteroatoms. The number of aliphatic hydroxyl groups is 2. The number of phenolic OH excluding ortho intramolecular Hbond substituents is 1. The molecule has 0 saturated heterocycles. The van der Waals surface area contributed by atoms with Gasteiger partial charge in [-0.05, 0) is 61.7 Å². The first kappa shape index (κ1) is 25.1. The minimum absolute atomic E-state index is 0.161. The van der Waals surface area contributed by atoms with Crippen LogP contribution < -0.4 is 14.2 Å². The highest BCUT2D eigenvalue weighted by molar-refractivity contribution is 5.85. The largest absolute Gasteiger partial charge is 0.508 e. The van der Waals surface area contributed by atoms with Gasteiger partial charge in [-0.3, -0.25) is 0 Å². The second-order valence-corrected chi connectivity index (χ2v) is 8.12. The maximum Gasteiger partial charge on any atom is 0.133 e. The molecule has 3 aromatic rings. The number of hydrogen-bond acceptors (Lipinski definition) is 6. The Kier molecular flexibility index (Phi) is 8.57. The summed E-state index contributed by atoms with van der Waals surface area (Å²) < 4.78 is 17.3. The van der Waals surface area contributed by atoms with Crippen molar-refractivity contribution in [1.29, 1.82) is 0 Å². The molecule has 0 bridgehead atoms. The highest BCUT2D eigenvalue weighted by atomic mass is 16.5. The smallest absolute Gasteiger partial charge is 0.133 e. The van der Waals surface area contributed by atoms with Gasteiger partial charge in [0, 0.05) is 22.3 Å². The zero-order valence-electron chi connectivity index (χ0n) is 20.1. The number of allylic oxidation sites excluding steroid dienone is 1. The number of phenols is 1. The van der Waals surface area contributed by atoms with Crippen molar-refractivity contribution >= 4 is 0 Å². The van der Waals surface area contributed by atoms with Crippen molar-refractivity contribution in [2.24, 2.45) is 0 Å². The molecule has 3 aromatic carbocycles. The Hall–Kier alpha value is -3.48. The van der Waals surface area contributed by atoms with E-state index in [1.54, 1.807) is 38.5 Å². The Bertz CT molecular complexity index is 1140. The third-order valence-corrected chi connectivity index (χ3v) is 5.55. The first-order chi connectivity index (χ1) is 16.4. The van der Waals surface area contributed by atoms with Gasteiger partial charge in [0.2, 0.25) is 0 Å². The lowest BCUT2D eigenvalue weighted by atomic mass is 9.91. The van der Waals surface area contributed by atoms with Crippen molar-refractivity contribution in [3.63, 3.8) is 0 Å². The van der Waals surface area contributed by atoms with Crippen LogP contribution in [0.15, 0.2) is 60.2 Å². The van der Waals surface area contributed by atoms with E-state index >= 15 is 0 Å². The van der Waals surface area contributed by atoms with Gasteiger partial charge in [0.1, 0.15) is 23.0 Å². The molecule has 3 rings (SSSR count). The van der Waals surface area contributed by atoms with Crippen LogP contribution in [0.1, 0.15) is 31.4 Å². The van der Waals surface area contributed by atoms with Crippen molar-refractivity contribution in [1.82, 2.24) is 0 Å². The van der Waals surface area contributed by atoms with E-state index in [-0.39, 0.29) is 19.0 Å².